The van der Waals surface area contributed by atoms with E-state index in [0.29, 0.717) is 23.9 Å². The van der Waals surface area contributed by atoms with Gasteiger partial charge >= 0.3 is 0 Å². The van der Waals surface area contributed by atoms with Gasteiger partial charge in [-0.05, 0) is 36.8 Å². The highest BCUT2D eigenvalue weighted by atomic mass is 32.2. The molecule has 0 N–H and O–H groups in total. The molecule has 2 fully saturated rings. The number of fused-ring (bicyclic) bond motifs is 2. The fraction of sp³-hybridized carbons (Fsp3) is 0.471. The van der Waals surface area contributed by atoms with Crippen molar-refractivity contribution >= 4 is 20.8 Å². The maximum absolute atomic E-state index is 13.1. The van der Waals surface area contributed by atoms with Gasteiger partial charge in [0.2, 0.25) is 10.0 Å². The van der Waals surface area contributed by atoms with Gasteiger partial charge in [0.1, 0.15) is 0 Å². The van der Waals surface area contributed by atoms with Gasteiger partial charge < -0.3 is 0 Å². The zero-order chi connectivity index (χ0) is 15.2. The van der Waals surface area contributed by atoms with E-state index in [9.17, 15) is 8.42 Å². The summed E-state index contributed by atoms with van der Waals surface area (Å²) in [6.07, 6.45) is 8.09. The van der Waals surface area contributed by atoms with Gasteiger partial charge in [-0.1, -0.05) is 25.0 Å². The second-order valence-electron chi connectivity index (χ2n) is 6.46. The number of rotatable bonds is 2. The summed E-state index contributed by atoms with van der Waals surface area (Å²) in [7, 11) is -3.42. The zero-order valence-corrected chi connectivity index (χ0v) is 13.3. The molecule has 2 heterocycles. The second-order valence-corrected chi connectivity index (χ2v) is 8.36. The number of pyridine rings is 1. The number of hydrogen-bond donors (Lipinski definition) is 0. The Balaban J connectivity index is 1.73. The SMILES string of the molecule is O=S(=O)(c1cccc2cnccc12)N1CCC2CCCC2C1. The first-order valence-electron chi connectivity index (χ1n) is 7.99. The minimum Gasteiger partial charge on any atom is -0.264 e. The highest BCUT2D eigenvalue weighted by Gasteiger charge is 2.38. The van der Waals surface area contributed by atoms with Crippen LogP contribution in [0.4, 0.5) is 0 Å². The van der Waals surface area contributed by atoms with E-state index < -0.39 is 10.0 Å². The van der Waals surface area contributed by atoms with Crippen molar-refractivity contribution in [3.05, 3.63) is 36.7 Å². The number of sulfonamides is 1. The van der Waals surface area contributed by atoms with Crippen molar-refractivity contribution in [2.24, 2.45) is 11.8 Å². The van der Waals surface area contributed by atoms with Crippen LogP contribution in [0.25, 0.3) is 10.8 Å². The van der Waals surface area contributed by atoms with Gasteiger partial charge in [0.25, 0.3) is 0 Å². The smallest absolute Gasteiger partial charge is 0.243 e. The molecule has 2 aliphatic rings. The lowest BCUT2D eigenvalue weighted by Crippen LogP contribution is -2.42. The van der Waals surface area contributed by atoms with Gasteiger partial charge in [0, 0.05) is 36.3 Å². The van der Waals surface area contributed by atoms with Gasteiger partial charge in [-0.2, -0.15) is 4.31 Å². The van der Waals surface area contributed by atoms with Crippen molar-refractivity contribution in [3.63, 3.8) is 0 Å². The van der Waals surface area contributed by atoms with Crippen molar-refractivity contribution in [3.8, 4) is 0 Å². The van der Waals surface area contributed by atoms with E-state index in [4.69, 9.17) is 0 Å². The van der Waals surface area contributed by atoms with E-state index in [2.05, 4.69) is 4.98 Å². The van der Waals surface area contributed by atoms with E-state index in [1.54, 1.807) is 34.9 Å². The predicted molar refractivity (Wildman–Crippen MR) is 85.9 cm³/mol. The third kappa shape index (κ3) is 2.23. The number of piperidine rings is 1. The molecule has 1 saturated heterocycles. The molecule has 1 saturated carbocycles. The molecule has 22 heavy (non-hydrogen) atoms. The number of benzene rings is 1. The van der Waals surface area contributed by atoms with Gasteiger partial charge in [-0.15, -0.1) is 0 Å². The Morgan fingerprint density at radius 3 is 2.86 bits per heavy atom. The van der Waals surface area contributed by atoms with Crippen LogP contribution >= 0.6 is 0 Å². The van der Waals surface area contributed by atoms with E-state index in [-0.39, 0.29) is 0 Å². The molecular formula is C17H20N2O2S. The standard InChI is InChI=1S/C17H20N2O2S/c20-22(21,19-10-8-13-3-1-5-15(13)12-19)17-6-2-4-14-11-18-9-7-16(14)17/h2,4,6-7,9,11,13,15H,1,3,5,8,10,12H2. The third-order valence-corrected chi connectivity index (χ3v) is 7.19. The van der Waals surface area contributed by atoms with E-state index in [1.165, 1.54) is 19.3 Å². The highest BCUT2D eigenvalue weighted by Crippen LogP contribution is 2.39. The van der Waals surface area contributed by atoms with Gasteiger partial charge in [0.15, 0.2) is 0 Å². The summed E-state index contributed by atoms with van der Waals surface area (Å²) in [5.74, 6) is 1.29. The predicted octanol–water partition coefficient (Wildman–Crippen LogP) is 3.05. The van der Waals surface area contributed by atoms with Crippen LogP contribution in [0.5, 0.6) is 0 Å². The van der Waals surface area contributed by atoms with Crippen molar-refractivity contribution in [1.82, 2.24) is 9.29 Å². The number of nitrogens with zero attached hydrogens (tertiary/aromatic N) is 2. The van der Waals surface area contributed by atoms with E-state index in [1.807, 2.05) is 6.07 Å². The van der Waals surface area contributed by atoms with Crippen LogP contribution in [0, 0.1) is 11.8 Å². The lowest BCUT2D eigenvalue weighted by Gasteiger charge is -2.34. The summed E-state index contributed by atoms with van der Waals surface area (Å²) in [5, 5.41) is 1.64. The Morgan fingerprint density at radius 2 is 1.95 bits per heavy atom. The van der Waals surface area contributed by atoms with Gasteiger partial charge in [-0.3, -0.25) is 4.98 Å². The van der Waals surface area contributed by atoms with Crippen molar-refractivity contribution in [2.75, 3.05) is 13.1 Å². The lowest BCUT2D eigenvalue weighted by molar-refractivity contribution is 0.212. The van der Waals surface area contributed by atoms with Crippen LogP contribution in [0.2, 0.25) is 0 Å². The molecule has 0 bridgehead atoms. The maximum Gasteiger partial charge on any atom is 0.243 e. The first-order valence-corrected chi connectivity index (χ1v) is 9.43. The summed E-state index contributed by atoms with van der Waals surface area (Å²) < 4.78 is 27.9. The first kappa shape index (κ1) is 14.2. The summed E-state index contributed by atoms with van der Waals surface area (Å²) in [6, 6.07) is 7.23. The Labute approximate surface area is 131 Å². The minimum absolute atomic E-state index is 0.420. The molecule has 1 aliphatic heterocycles. The molecule has 5 heteroatoms. The Bertz CT molecular complexity index is 798. The molecule has 2 unspecified atom stereocenters. The summed E-state index contributed by atoms with van der Waals surface area (Å²) >= 11 is 0. The molecule has 0 radical (unpaired) electrons. The molecule has 4 rings (SSSR count). The zero-order valence-electron chi connectivity index (χ0n) is 12.5. The molecule has 1 aliphatic carbocycles. The Hall–Kier alpha value is -1.46. The van der Waals surface area contributed by atoms with E-state index in [0.717, 1.165) is 23.1 Å². The van der Waals surface area contributed by atoms with Crippen LogP contribution in [-0.4, -0.2) is 30.8 Å². The second kappa shape index (κ2) is 5.32. The largest absolute Gasteiger partial charge is 0.264 e. The number of hydrogen-bond acceptors (Lipinski definition) is 3. The normalized spacial score (nSPS) is 26.2. The third-order valence-electron chi connectivity index (χ3n) is 5.26. The molecular weight excluding hydrogens is 296 g/mol. The molecule has 0 spiro atoms. The average Bonchev–Trinajstić information content (AvgIpc) is 3.02. The molecule has 2 aromatic rings. The molecule has 2 atom stereocenters. The van der Waals surface area contributed by atoms with Crippen molar-refractivity contribution in [2.45, 2.75) is 30.6 Å². The maximum atomic E-state index is 13.1. The van der Waals surface area contributed by atoms with Crippen LogP contribution in [0.3, 0.4) is 0 Å². The molecule has 1 aromatic heterocycles. The molecule has 0 amide bonds. The molecule has 4 nitrogen and oxygen atoms in total. The monoisotopic (exact) mass is 316 g/mol. The van der Waals surface area contributed by atoms with Crippen LogP contribution in [0.15, 0.2) is 41.6 Å². The minimum atomic E-state index is -3.42. The Kier molecular flexibility index (Phi) is 3.42. The average molecular weight is 316 g/mol. The van der Waals surface area contributed by atoms with Crippen molar-refractivity contribution in [1.29, 1.82) is 0 Å². The summed E-state index contributed by atoms with van der Waals surface area (Å²) in [5.41, 5.74) is 0. The fourth-order valence-corrected chi connectivity index (χ4v) is 5.80. The molecule has 1 aromatic carbocycles. The quantitative estimate of drug-likeness (QED) is 0.855. The van der Waals surface area contributed by atoms with Gasteiger partial charge in [-0.25, -0.2) is 8.42 Å². The number of aromatic nitrogens is 1. The van der Waals surface area contributed by atoms with Crippen LogP contribution in [0.1, 0.15) is 25.7 Å². The van der Waals surface area contributed by atoms with E-state index >= 15 is 0 Å². The first-order chi connectivity index (χ1) is 10.7. The lowest BCUT2D eigenvalue weighted by atomic mass is 9.90. The highest BCUT2D eigenvalue weighted by molar-refractivity contribution is 7.89. The fourth-order valence-electron chi connectivity index (χ4n) is 4.07. The molecule has 116 valence electrons. The van der Waals surface area contributed by atoms with Gasteiger partial charge in [0.05, 0.1) is 4.90 Å². The van der Waals surface area contributed by atoms with Crippen LogP contribution < -0.4 is 0 Å². The Morgan fingerprint density at radius 1 is 1.09 bits per heavy atom. The van der Waals surface area contributed by atoms with Crippen LogP contribution in [-0.2, 0) is 10.0 Å². The van der Waals surface area contributed by atoms with Crippen molar-refractivity contribution < 1.29 is 8.42 Å². The topological polar surface area (TPSA) is 50.3 Å². The summed E-state index contributed by atoms with van der Waals surface area (Å²) in [6.45, 7) is 1.35. The summed E-state index contributed by atoms with van der Waals surface area (Å²) in [4.78, 5) is 4.50.